The molecule has 4 heteroatoms. The van der Waals surface area contributed by atoms with E-state index >= 15 is 0 Å². The van der Waals surface area contributed by atoms with Crippen LogP contribution in [-0.2, 0) is 6.54 Å². The van der Waals surface area contributed by atoms with Gasteiger partial charge in [0.1, 0.15) is 5.82 Å². The molecule has 0 aliphatic heterocycles. The summed E-state index contributed by atoms with van der Waals surface area (Å²) in [6, 6.07) is 9.85. The standard InChI is InChI=1S/C14H14BrFN2/c1-10(12-2-4-13(15)5-3-12)18-8-11-6-14(16)9-17-7-11/h2-7,9-10,18H,8H2,1H3. The summed E-state index contributed by atoms with van der Waals surface area (Å²) in [6.07, 6.45) is 2.88. The van der Waals surface area contributed by atoms with Gasteiger partial charge in [0.25, 0.3) is 0 Å². The lowest BCUT2D eigenvalue weighted by Gasteiger charge is -2.14. The zero-order valence-electron chi connectivity index (χ0n) is 10.0. The van der Waals surface area contributed by atoms with Gasteiger partial charge in [-0.15, -0.1) is 0 Å². The van der Waals surface area contributed by atoms with Crippen LogP contribution >= 0.6 is 15.9 Å². The highest BCUT2D eigenvalue weighted by molar-refractivity contribution is 9.10. The summed E-state index contributed by atoms with van der Waals surface area (Å²) in [6.45, 7) is 2.68. The first kappa shape index (κ1) is 13.2. The van der Waals surface area contributed by atoms with Crippen LogP contribution in [0, 0.1) is 5.82 Å². The van der Waals surface area contributed by atoms with E-state index in [1.807, 2.05) is 12.1 Å². The first-order chi connectivity index (χ1) is 8.65. The largest absolute Gasteiger partial charge is 0.306 e. The van der Waals surface area contributed by atoms with Gasteiger partial charge in [-0.25, -0.2) is 4.39 Å². The molecule has 0 saturated carbocycles. The predicted molar refractivity (Wildman–Crippen MR) is 73.6 cm³/mol. The second kappa shape index (κ2) is 6.07. The van der Waals surface area contributed by atoms with E-state index in [1.165, 1.54) is 17.8 Å². The van der Waals surface area contributed by atoms with E-state index in [9.17, 15) is 4.39 Å². The van der Waals surface area contributed by atoms with E-state index in [-0.39, 0.29) is 11.9 Å². The van der Waals surface area contributed by atoms with Gasteiger partial charge < -0.3 is 5.32 Å². The highest BCUT2D eigenvalue weighted by Crippen LogP contribution is 2.16. The quantitative estimate of drug-likeness (QED) is 0.928. The molecule has 94 valence electrons. The monoisotopic (exact) mass is 308 g/mol. The highest BCUT2D eigenvalue weighted by atomic mass is 79.9. The van der Waals surface area contributed by atoms with Gasteiger partial charge in [-0.2, -0.15) is 0 Å². The topological polar surface area (TPSA) is 24.9 Å². The molecule has 2 rings (SSSR count). The molecule has 1 unspecified atom stereocenters. The van der Waals surface area contributed by atoms with Crippen LogP contribution in [-0.4, -0.2) is 4.98 Å². The Morgan fingerprint density at radius 1 is 1.28 bits per heavy atom. The average molecular weight is 309 g/mol. The Hall–Kier alpha value is -1.26. The number of hydrogen-bond acceptors (Lipinski definition) is 2. The van der Waals surface area contributed by atoms with Crippen molar-refractivity contribution in [2.24, 2.45) is 0 Å². The minimum atomic E-state index is -0.300. The van der Waals surface area contributed by atoms with Crippen LogP contribution in [0.25, 0.3) is 0 Å². The Labute approximate surface area is 114 Å². The molecule has 1 atom stereocenters. The number of aromatic nitrogens is 1. The fourth-order valence-corrected chi connectivity index (χ4v) is 1.96. The minimum absolute atomic E-state index is 0.210. The van der Waals surface area contributed by atoms with Crippen molar-refractivity contribution in [3.63, 3.8) is 0 Å². The lowest BCUT2D eigenvalue weighted by Crippen LogP contribution is -2.18. The average Bonchev–Trinajstić information content (AvgIpc) is 2.37. The zero-order valence-corrected chi connectivity index (χ0v) is 11.6. The van der Waals surface area contributed by atoms with Gasteiger partial charge in [0.2, 0.25) is 0 Å². The SMILES string of the molecule is CC(NCc1cncc(F)c1)c1ccc(Br)cc1. The molecule has 2 aromatic rings. The van der Waals surface area contributed by atoms with Gasteiger partial charge in [-0.05, 0) is 36.2 Å². The van der Waals surface area contributed by atoms with Gasteiger partial charge in [0, 0.05) is 23.3 Å². The molecule has 0 amide bonds. The molecule has 1 aromatic carbocycles. The third kappa shape index (κ3) is 3.62. The Kier molecular flexibility index (Phi) is 4.44. The van der Waals surface area contributed by atoms with Crippen LogP contribution in [0.1, 0.15) is 24.1 Å². The number of halogens is 2. The minimum Gasteiger partial charge on any atom is -0.306 e. The van der Waals surface area contributed by atoms with Crippen molar-refractivity contribution >= 4 is 15.9 Å². The van der Waals surface area contributed by atoms with Crippen molar-refractivity contribution in [2.45, 2.75) is 19.5 Å². The Bertz CT molecular complexity index is 513. The fraction of sp³-hybridized carbons (Fsp3) is 0.214. The maximum atomic E-state index is 13.0. The molecule has 2 nitrogen and oxygen atoms in total. The van der Waals surface area contributed by atoms with E-state index in [0.717, 1.165) is 10.0 Å². The number of nitrogens with zero attached hydrogens (tertiary/aromatic N) is 1. The van der Waals surface area contributed by atoms with Gasteiger partial charge in [-0.1, -0.05) is 28.1 Å². The molecule has 0 radical (unpaired) electrons. The van der Waals surface area contributed by atoms with Crippen LogP contribution in [0.15, 0.2) is 47.2 Å². The summed E-state index contributed by atoms with van der Waals surface area (Å²) >= 11 is 3.41. The molecule has 1 aromatic heterocycles. The first-order valence-electron chi connectivity index (χ1n) is 5.73. The van der Waals surface area contributed by atoms with Crippen LogP contribution < -0.4 is 5.32 Å². The van der Waals surface area contributed by atoms with Gasteiger partial charge >= 0.3 is 0 Å². The third-order valence-electron chi connectivity index (χ3n) is 2.74. The van der Waals surface area contributed by atoms with Crippen molar-refractivity contribution in [2.75, 3.05) is 0 Å². The highest BCUT2D eigenvalue weighted by Gasteiger charge is 2.05. The summed E-state index contributed by atoms with van der Waals surface area (Å²) in [5, 5.41) is 3.34. The lowest BCUT2D eigenvalue weighted by atomic mass is 10.1. The summed E-state index contributed by atoms with van der Waals surface area (Å²) in [5.41, 5.74) is 2.04. The van der Waals surface area contributed by atoms with E-state index < -0.39 is 0 Å². The number of benzene rings is 1. The number of pyridine rings is 1. The lowest BCUT2D eigenvalue weighted by molar-refractivity contribution is 0.566. The first-order valence-corrected chi connectivity index (χ1v) is 6.53. The fourth-order valence-electron chi connectivity index (χ4n) is 1.69. The predicted octanol–water partition coefficient (Wildman–Crippen LogP) is 3.83. The van der Waals surface area contributed by atoms with Crippen LogP contribution in [0.4, 0.5) is 4.39 Å². The summed E-state index contributed by atoms with van der Waals surface area (Å²) in [4.78, 5) is 3.83. The Morgan fingerprint density at radius 2 is 2.00 bits per heavy atom. The van der Waals surface area contributed by atoms with Gasteiger partial charge in [-0.3, -0.25) is 4.98 Å². The Morgan fingerprint density at radius 3 is 2.67 bits per heavy atom. The van der Waals surface area contributed by atoms with Crippen molar-refractivity contribution < 1.29 is 4.39 Å². The molecule has 0 aliphatic rings. The maximum absolute atomic E-state index is 13.0. The second-order valence-corrected chi connectivity index (χ2v) is 5.08. The molecule has 1 N–H and O–H groups in total. The smallest absolute Gasteiger partial charge is 0.141 e. The van der Waals surface area contributed by atoms with E-state index in [0.29, 0.717) is 6.54 Å². The summed E-state index contributed by atoms with van der Waals surface area (Å²) in [7, 11) is 0. The summed E-state index contributed by atoms with van der Waals surface area (Å²) in [5.74, 6) is -0.300. The molecule has 1 heterocycles. The number of rotatable bonds is 4. The molecular weight excluding hydrogens is 295 g/mol. The normalized spacial score (nSPS) is 12.4. The van der Waals surface area contributed by atoms with Crippen LogP contribution in [0.2, 0.25) is 0 Å². The van der Waals surface area contributed by atoms with Crippen LogP contribution in [0.5, 0.6) is 0 Å². The molecule has 0 aliphatic carbocycles. The van der Waals surface area contributed by atoms with Crippen molar-refractivity contribution in [1.82, 2.24) is 10.3 Å². The van der Waals surface area contributed by atoms with E-state index in [1.54, 1.807) is 6.20 Å². The number of nitrogens with one attached hydrogen (secondary N) is 1. The molecule has 0 saturated heterocycles. The van der Waals surface area contributed by atoms with Gasteiger partial charge in [0.15, 0.2) is 0 Å². The van der Waals surface area contributed by atoms with Gasteiger partial charge in [0.05, 0.1) is 6.20 Å². The molecule has 0 spiro atoms. The third-order valence-corrected chi connectivity index (χ3v) is 3.27. The maximum Gasteiger partial charge on any atom is 0.141 e. The van der Waals surface area contributed by atoms with Crippen molar-refractivity contribution in [1.29, 1.82) is 0 Å². The Balaban J connectivity index is 1.96. The van der Waals surface area contributed by atoms with E-state index in [2.05, 4.69) is 45.3 Å². The summed E-state index contributed by atoms with van der Waals surface area (Å²) < 4.78 is 14.0. The zero-order chi connectivity index (χ0) is 13.0. The molecule has 0 fully saturated rings. The number of hydrogen-bond donors (Lipinski definition) is 1. The molecule has 18 heavy (non-hydrogen) atoms. The van der Waals surface area contributed by atoms with Crippen LogP contribution in [0.3, 0.4) is 0 Å². The van der Waals surface area contributed by atoms with Crippen molar-refractivity contribution in [3.05, 3.63) is 64.1 Å². The second-order valence-electron chi connectivity index (χ2n) is 4.17. The van der Waals surface area contributed by atoms with Crippen molar-refractivity contribution in [3.8, 4) is 0 Å². The molecule has 0 bridgehead atoms. The van der Waals surface area contributed by atoms with E-state index in [4.69, 9.17) is 0 Å². The molecular formula is C14H14BrFN2.